The van der Waals surface area contributed by atoms with E-state index >= 15 is 0 Å². The monoisotopic (exact) mass is 362 g/mol. The van der Waals surface area contributed by atoms with E-state index in [1.807, 2.05) is 23.1 Å². The number of aromatic nitrogens is 2. The molecular formula is C22H26N4O. The van der Waals surface area contributed by atoms with Gasteiger partial charge in [-0.15, -0.1) is 0 Å². The van der Waals surface area contributed by atoms with Crippen LogP contribution in [0.1, 0.15) is 55.1 Å². The van der Waals surface area contributed by atoms with Crippen molar-refractivity contribution in [2.45, 2.75) is 51.5 Å². The molecule has 0 bridgehead atoms. The molecule has 1 N–H and O–H groups in total. The van der Waals surface area contributed by atoms with Gasteiger partial charge in [0.25, 0.3) is 5.91 Å². The van der Waals surface area contributed by atoms with Crippen LogP contribution in [0.5, 0.6) is 0 Å². The van der Waals surface area contributed by atoms with E-state index in [0.717, 1.165) is 25.1 Å². The molecule has 1 aliphatic heterocycles. The molecule has 1 aromatic carbocycles. The van der Waals surface area contributed by atoms with Gasteiger partial charge in [-0.2, -0.15) is 0 Å². The van der Waals surface area contributed by atoms with Crippen LogP contribution < -0.4 is 10.2 Å². The topological polar surface area (TPSA) is 58.1 Å². The number of hydrogen-bond acceptors (Lipinski definition) is 4. The number of allylic oxidation sites excluding steroid dienone is 1. The predicted molar refractivity (Wildman–Crippen MR) is 108 cm³/mol. The number of benzene rings is 1. The Balaban J connectivity index is 1.44. The van der Waals surface area contributed by atoms with E-state index in [9.17, 15) is 4.79 Å². The van der Waals surface area contributed by atoms with Crippen molar-refractivity contribution in [3.05, 3.63) is 59.6 Å². The molecule has 1 aromatic heterocycles. The minimum atomic E-state index is -0.0621. The molecule has 0 saturated carbocycles. The van der Waals surface area contributed by atoms with Gasteiger partial charge in [0.1, 0.15) is 17.8 Å². The molecule has 1 unspecified atom stereocenters. The van der Waals surface area contributed by atoms with Crippen molar-refractivity contribution in [1.29, 1.82) is 0 Å². The summed E-state index contributed by atoms with van der Waals surface area (Å²) >= 11 is 0. The molecule has 5 heteroatoms. The number of rotatable bonds is 5. The molecule has 27 heavy (non-hydrogen) atoms. The summed E-state index contributed by atoms with van der Waals surface area (Å²) in [7, 11) is 0. The maximum Gasteiger partial charge on any atom is 0.277 e. The molecule has 0 fully saturated rings. The fourth-order valence-electron chi connectivity index (χ4n) is 4.05. The van der Waals surface area contributed by atoms with Gasteiger partial charge < -0.3 is 10.2 Å². The maximum atomic E-state index is 13.1. The standard InChI is InChI=1S/C22H26N4O/c1-16-13-18-9-5-6-10-20(18)26(16)22(27)19-14-21(25-15-24-19)23-12-11-17-7-3-2-4-8-17/h5-7,9-10,14-16H,2-4,8,11-13H2,1H3,(H,23,24,25). The van der Waals surface area contributed by atoms with Crippen LogP contribution >= 0.6 is 0 Å². The van der Waals surface area contributed by atoms with Gasteiger partial charge in [0.2, 0.25) is 0 Å². The zero-order valence-electron chi connectivity index (χ0n) is 15.8. The highest BCUT2D eigenvalue weighted by Gasteiger charge is 2.31. The first-order valence-corrected chi connectivity index (χ1v) is 9.87. The highest BCUT2D eigenvalue weighted by molar-refractivity contribution is 6.06. The summed E-state index contributed by atoms with van der Waals surface area (Å²) < 4.78 is 0. The molecular weight excluding hydrogens is 336 g/mol. The number of amides is 1. The van der Waals surface area contributed by atoms with Gasteiger partial charge in [-0.3, -0.25) is 4.79 Å². The lowest BCUT2D eigenvalue weighted by atomic mass is 9.97. The highest BCUT2D eigenvalue weighted by atomic mass is 16.2. The van der Waals surface area contributed by atoms with Crippen molar-refractivity contribution in [3.63, 3.8) is 0 Å². The Morgan fingerprint density at radius 3 is 3.00 bits per heavy atom. The molecule has 4 rings (SSSR count). The SMILES string of the molecule is CC1Cc2ccccc2N1C(=O)c1cc(NCCC2=CCCCC2)ncn1. The molecule has 2 heterocycles. The van der Waals surface area contributed by atoms with Gasteiger partial charge in [-0.05, 0) is 57.1 Å². The summed E-state index contributed by atoms with van der Waals surface area (Å²) in [5.74, 6) is 0.651. The molecule has 1 amide bonds. The summed E-state index contributed by atoms with van der Waals surface area (Å²) in [4.78, 5) is 23.5. The van der Waals surface area contributed by atoms with Crippen LogP contribution in [0.4, 0.5) is 11.5 Å². The van der Waals surface area contributed by atoms with Crippen LogP contribution in [-0.2, 0) is 6.42 Å². The van der Waals surface area contributed by atoms with Gasteiger partial charge in [-0.25, -0.2) is 9.97 Å². The second-order valence-electron chi connectivity index (χ2n) is 7.43. The Morgan fingerprint density at radius 2 is 2.15 bits per heavy atom. The first kappa shape index (κ1) is 17.7. The third kappa shape index (κ3) is 3.87. The number of anilines is 2. The van der Waals surface area contributed by atoms with Gasteiger partial charge in [-0.1, -0.05) is 29.8 Å². The van der Waals surface area contributed by atoms with Crippen molar-refractivity contribution in [3.8, 4) is 0 Å². The van der Waals surface area contributed by atoms with Crippen molar-refractivity contribution >= 4 is 17.4 Å². The molecule has 1 atom stereocenters. The van der Waals surface area contributed by atoms with E-state index < -0.39 is 0 Å². The van der Waals surface area contributed by atoms with Crippen molar-refractivity contribution in [2.24, 2.45) is 0 Å². The van der Waals surface area contributed by atoms with Crippen LogP contribution in [0.15, 0.2) is 48.3 Å². The van der Waals surface area contributed by atoms with Crippen LogP contribution in [0, 0.1) is 0 Å². The molecule has 0 spiro atoms. The zero-order chi connectivity index (χ0) is 18.6. The Morgan fingerprint density at radius 1 is 1.26 bits per heavy atom. The summed E-state index contributed by atoms with van der Waals surface area (Å²) in [5.41, 5.74) is 4.17. The fraction of sp³-hybridized carbons (Fsp3) is 0.409. The number of fused-ring (bicyclic) bond motifs is 1. The Hall–Kier alpha value is -2.69. The summed E-state index contributed by atoms with van der Waals surface area (Å²) in [6.07, 6.45) is 10.8. The second-order valence-corrected chi connectivity index (χ2v) is 7.43. The van der Waals surface area contributed by atoms with Crippen molar-refractivity contribution < 1.29 is 4.79 Å². The number of nitrogens with one attached hydrogen (secondary N) is 1. The summed E-state index contributed by atoms with van der Waals surface area (Å²) in [6.45, 7) is 2.91. The molecule has 140 valence electrons. The third-order valence-electron chi connectivity index (χ3n) is 5.45. The van der Waals surface area contributed by atoms with E-state index in [1.165, 1.54) is 43.1 Å². The van der Waals surface area contributed by atoms with Gasteiger partial charge >= 0.3 is 0 Å². The quantitative estimate of drug-likeness (QED) is 0.803. The molecule has 0 saturated heterocycles. The average Bonchev–Trinajstić information content (AvgIpc) is 3.04. The van der Waals surface area contributed by atoms with Gasteiger partial charge in [0.15, 0.2) is 0 Å². The maximum absolute atomic E-state index is 13.1. The van der Waals surface area contributed by atoms with Crippen molar-refractivity contribution in [1.82, 2.24) is 9.97 Å². The predicted octanol–water partition coefficient (Wildman–Crippen LogP) is 4.37. The Bertz CT molecular complexity index is 861. The first-order chi connectivity index (χ1) is 13.2. The summed E-state index contributed by atoms with van der Waals surface area (Å²) in [5, 5.41) is 3.35. The summed E-state index contributed by atoms with van der Waals surface area (Å²) in [6, 6.07) is 10.0. The van der Waals surface area contributed by atoms with E-state index in [4.69, 9.17) is 0 Å². The van der Waals surface area contributed by atoms with E-state index in [1.54, 1.807) is 6.07 Å². The molecule has 2 aliphatic rings. The zero-order valence-corrected chi connectivity index (χ0v) is 15.8. The van der Waals surface area contributed by atoms with E-state index in [-0.39, 0.29) is 11.9 Å². The normalized spacial score (nSPS) is 18.8. The lowest BCUT2D eigenvalue weighted by Crippen LogP contribution is -2.36. The largest absolute Gasteiger partial charge is 0.370 e. The molecule has 0 radical (unpaired) electrons. The van der Waals surface area contributed by atoms with Crippen LogP contribution in [0.25, 0.3) is 0 Å². The average molecular weight is 362 g/mol. The molecule has 5 nitrogen and oxygen atoms in total. The number of carbonyl (C=O) groups is 1. The number of nitrogens with zero attached hydrogens (tertiary/aromatic N) is 3. The highest BCUT2D eigenvalue weighted by Crippen LogP contribution is 2.32. The fourth-order valence-corrected chi connectivity index (χ4v) is 4.05. The minimum absolute atomic E-state index is 0.0621. The van der Waals surface area contributed by atoms with E-state index in [0.29, 0.717) is 11.5 Å². The lowest BCUT2D eigenvalue weighted by Gasteiger charge is -2.22. The van der Waals surface area contributed by atoms with Crippen LogP contribution in [-0.4, -0.2) is 28.5 Å². The third-order valence-corrected chi connectivity index (χ3v) is 5.45. The number of hydrogen-bond donors (Lipinski definition) is 1. The van der Waals surface area contributed by atoms with Crippen LogP contribution in [0.3, 0.4) is 0 Å². The smallest absolute Gasteiger partial charge is 0.277 e. The van der Waals surface area contributed by atoms with Crippen LogP contribution in [0.2, 0.25) is 0 Å². The first-order valence-electron chi connectivity index (χ1n) is 9.87. The van der Waals surface area contributed by atoms with Gasteiger partial charge in [0.05, 0.1) is 0 Å². The lowest BCUT2D eigenvalue weighted by molar-refractivity contribution is 0.0976. The van der Waals surface area contributed by atoms with Crippen molar-refractivity contribution in [2.75, 3.05) is 16.8 Å². The Kier molecular flexibility index (Phi) is 5.19. The molecule has 2 aromatic rings. The minimum Gasteiger partial charge on any atom is -0.370 e. The van der Waals surface area contributed by atoms with E-state index in [2.05, 4.69) is 34.4 Å². The second kappa shape index (κ2) is 7.91. The number of carbonyl (C=O) groups excluding carboxylic acids is 1. The van der Waals surface area contributed by atoms with Gasteiger partial charge in [0, 0.05) is 24.3 Å². The number of para-hydroxylation sites is 1. The Labute approximate surface area is 160 Å². The molecule has 1 aliphatic carbocycles.